The van der Waals surface area contributed by atoms with E-state index in [9.17, 15) is 13.2 Å². The molecule has 140 valence electrons. The molecule has 0 N–H and O–H groups in total. The van der Waals surface area contributed by atoms with Gasteiger partial charge in [-0.25, -0.2) is 12.7 Å². The first-order chi connectivity index (χ1) is 11.8. The normalized spacial score (nSPS) is 15.7. The van der Waals surface area contributed by atoms with E-state index in [-0.39, 0.29) is 18.9 Å². The first-order valence-corrected chi connectivity index (χ1v) is 10.7. The Hall–Kier alpha value is -1.60. The lowest BCUT2D eigenvalue weighted by Gasteiger charge is -2.36. The molecule has 0 saturated carbocycles. The van der Waals surface area contributed by atoms with E-state index in [1.54, 1.807) is 0 Å². The molecule has 25 heavy (non-hydrogen) atoms. The number of amides is 1. The van der Waals surface area contributed by atoms with E-state index in [1.165, 1.54) is 21.8 Å². The van der Waals surface area contributed by atoms with E-state index in [1.807, 2.05) is 11.8 Å². The summed E-state index contributed by atoms with van der Waals surface area (Å²) >= 11 is 0. The number of aryl methyl sites for hydroxylation is 1. The third-order valence-corrected chi connectivity index (χ3v) is 5.82. The summed E-state index contributed by atoms with van der Waals surface area (Å²) in [5, 5.41) is 0. The Balaban J connectivity index is 1.84. The van der Waals surface area contributed by atoms with Crippen molar-refractivity contribution < 1.29 is 13.2 Å². The molecule has 2 rings (SSSR count). The van der Waals surface area contributed by atoms with Crippen molar-refractivity contribution in [1.29, 1.82) is 0 Å². The Bertz CT molecular complexity index is 683. The number of carbonyl (C=O) groups excluding carboxylic acids is 1. The monoisotopic (exact) mass is 367 g/mol. The largest absolute Gasteiger partial charge is 0.368 e. The number of piperazine rings is 1. The Morgan fingerprint density at radius 3 is 2.40 bits per heavy atom. The molecule has 6 nitrogen and oxygen atoms in total. The topological polar surface area (TPSA) is 60.9 Å². The second-order valence-electron chi connectivity index (χ2n) is 6.62. The molecule has 0 bridgehead atoms. The first-order valence-electron chi connectivity index (χ1n) is 8.85. The Kier molecular flexibility index (Phi) is 6.84. The maximum atomic E-state index is 12.4. The van der Waals surface area contributed by atoms with Gasteiger partial charge in [-0.05, 0) is 31.0 Å². The van der Waals surface area contributed by atoms with Gasteiger partial charge in [0.15, 0.2) is 0 Å². The zero-order valence-electron chi connectivity index (χ0n) is 15.4. The van der Waals surface area contributed by atoms with Gasteiger partial charge >= 0.3 is 0 Å². The number of hydrogen-bond donors (Lipinski definition) is 0. The fourth-order valence-corrected chi connectivity index (χ4v) is 4.05. The molecule has 0 radical (unpaired) electrons. The number of benzene rings is 1. The molecule has 0 aromatic heterocycles. The Labute approximate surface area is 151 Å². The zero-order chi connectivity index (χ0) is 18.4. The molecule has 1 heterocycles. The highest BCUT2D eigenvalue weighted by Gasteiger charge is 2.23. The minimum atomic E-state index is -3.25. The van der Waals surface area contributed by atoms with Crippen LogP contribution < -0.4 is 4.90 Å². The van der Waals surface area contributed by atoms with Gasteiger partial charge in [-0.15, -0.1) is 0 Å². The van der Waals surface area contributed by atoms with Crippen molar-refractivity contribution >= 4 is 21.6 Å². The Morgan fingerprint density at radius 1 is 1.16 bits per heavy atom. The van der Waals surface area contributed by atoms with Crippen molar-refractivity contribution in [3.05, 3.63) is 29.8 Å². The molecule has 7 heteroatoms. The highest BCUT2D eigenvalue weighted by atomic mass is 32.2. The fraction of sp³-hybridized carbons (Fsp3) is 0.611. The van der Waals surface area contributed by atoms with E-state index in [2.05, 4.69) is 36.1 Å². The number of anilines is 1. The molecule has 0 atom stereocenters. The van der Waals surface area contributed by atoms with Crippen molar-refractivity contribution in [3.8, 4) is 0 Å². The van der Waals surface area contributed by atoms with Gasteiger partial charge in [-0.3, -0.25) is 4.79 Å². The smallest absolute Gasteiger partial charge is 0.224 e. The standard InChI is InChI=1S/C18H29N3O3S/c1-4-9-21(25(3,23)24)10-8-18(22)20-13-11-19(12-14-20)17-7-5-6-16(2)15-17/h5-7,15H,4,8-14H2,1-3H3. The maximum Gasteiger partial charge on any atom is 0.224 e. The lowest BCUT2D eigenvalue weighted by molar-refractivity contribution is -0.131. The summed E-state index contributed by atoms with van der Waals surface area (Å²) in [7, 11) is -3.25. The van der Waals surface area contributed by atoms with Crippen LogP contribution in [0.15, 0.2) is 24.3 Å². The van der Waals surface area contributed by atoms with Crippen molar-refractivity contribution in [2.75, 3.05) is 50.4 Å². The molecule has 1 fully saturated rings. The number of sulfonamides is 1. The van der Waals surface area contributed by atoms with Crippen LogP contribution in [0.3, 0.4) is 0 Å². The van der Waals surface area contributed by atoms with Crippen LogP contribution in [-0.4, -0.2) is 69.1 Å². The molecule has 1 aliphatic rings. The summed E-state index contributed by atoms with van der Waals surface area (Å²) in [5.74, 6) is 0.0358. The van der Waals surface area contributed by atoms with Crippen molar-refractivity contribution in [3.63, 3.8) is 0 Å². The van der Waals surface area contributed by atoms with Gasteiger partial charge in [0.25, 0.3) is 0 Å². The summed E-state index contributed by atoms with van der Waals surface area (Å²) in [4.78, 5) is 16.6. The molecule has 1 aliphatic heterocycles. The minimum Gasteiger partial charge on any atom is -0.368 e. The van der Waals surface area contributed by atoms with Crippen LogP contribution in [0.25, 0.3) is 0 Å². The van der Waals surface area contributed by atoms with E-state index in [0.717, 1.165) is 19.5 Å². The van der Waals surface area contributed by atoms with Crippen LogP contribution in [0.2, 0.25) is 0 Å². The van der Waals surface area contributed by atoms with E-state index >= 15 is 0 Å². The molecule has 1 amide bonds. The minimum absolute atomic E-state index is 0.0358. The molecule has 1 saturated heterocycles. The van der Waals surface area contributed by atoms with Crippen LogP contribution in [0.4, 0.5) is 5.69 Å². The average molecular weight is 368 g/mol. The Morgan fingerprint density at radius 2 is 1.84 bits per heavy atom. The number of rotatable bonds is 7. The number of nitrogens with zero attached hydrogens (tertiary/aromatic N) is 3. The van der Waals surface area contributed by atoms with Crippen molar-refractivity contribution in [2.24, 2.45) is 0 Å². The van der Waals surface area contributed by atoms with E-state index < -0.39 is 10.0 Å². The summed E-state index contributed by atoms with van der Waals surface area (Å²) in [5.41, 5.74) is 2.42. The zero-order valence-corrected chi connectivity index (χ0v) is 16.3. The molecule has 0 unspecified atom stereocenters. The second kappa shape index (κ2) is 8.67. The third kappa shape index (κ3) is 5.71. The second-order valence-corrected chi connectivity index (χ2v) is 8.60. The summed E-state index contributed by atoms with van der Waals surface area (Å²) in [6, 6.07) is 8.38. The molecule has 1 aromatic carbocycles. The molecular weight excluding hydrogens is 338 g/mol. The van der Waals surface area contributed by atoms with E-state index in [0.29, 0.717) is 19.6 Å². The first kappa shape index (κ1) is 19.7. The van der Waals surface area contributed by atoms with Gasteiger partial charge in [0.2, 0.25) is 15.9 Å². The van der Waals surface area contributed by atoms with Gasteiger partial charge in [-0.2, -0.15) is 0 Å². The summed E-state index contributed by atoms with van der Waals surface area (Å²) in [6.07, 6.45) is 2.20. The van der Waals surface area contributed by atoms with Gasteiger partial charge < -0.3 is 9.80 Å². The number of hydrogen-bond acceptors (Lipinski definition) is 4. The predicted octanol–water partition coefficient (Wildman–Crippen LogP) is 1.71. The van der Waals surface area contributed by atoms with Crippen LogP contribution in [-0.2, 0) is 14.8 Å². The van der Waals surface area contributed by atoms with Crippen molar-refractivity contribution in [2.45, 2.75) is 26.7 Å². The quantitative estimate of drug-likeness (QED) is 0.736. The maximum absolute atomic E-state index is 12.4. The van der Waals surface area contributed by atoms with Crippen LogP contribution in [0.1, 0.15) is 25.3 Å². The van der Waals surface area contributed by atoms with E-state index in [4.69, 9.17) is 0 Å². The van der Waals surface area contributed by atoms with Crippen LogP contribution in [0.5, 0.6) is 0 Å². The summed E-state index contributed by atoms with van der Waals surface area (Å²) < 4.78 is 24.9. The molecule has 0 aliphatic carbocycles. The highest BCUT2D eigenvalue weighted by Crippen LogP contribution is 2.18. The fourth-order valence-electron chi connectivity index (χ4n) is 3.11. The van der Waals surface area contributed by atoms with Gasteiger partial charge in [0.05, 0.1) is 6.26 Å². The van der Waals surface area contributed by atoms with Gasteiger partial charge in [-0.1, -0.05) is 19.1 Å². The molecule has 1 aromatic rings. The summed E-state index contributed by atoms with van der Waals surface area (Å²) in [6.45, 7) is 7.72. The van der Waals surface area contributed by atoms with Gasteiger partial charge in [0, 0.05) is 51.4 Å². The lowest BCUT2D eigenvalue weighted by atomic mass is 10.2. The SMILES string of the molecule is CCCN(CCC(=O)N1CCN(c2cccc(C)c2)CC1)S(C)(=O)=O. The molecular formula is C18H29N3O3S. The van der Waals surface area contributed by atoms with Gasteiger partial charge in [0.1, 0.15) is 0 Å². The molecule has 0 spiro atoms. The van der Waals surface area contributed by atoms with Crippen LogP contribution in [0, 0.1) is 6.92 Å². The van der Waals surface area contributed by atoms with Crippen molar-refractivity contribution in [1.82, 2.24) is 9.21 Å². The highest BCUT2D eigenvalue weighted by molar-refractivity contribution is 7.88. The average Bonchev–Trinajstić information content (AvgIpc) is 2.57. The predicted molar refractivity (Wildman–Crippen MR) is 101 cm³/mol. The lowest BCUT2D eigenvalue weighted by Crippen LogP contribution is -2.49. The third-order valence-electron chi connectivity index (χ3n) is 4.52. The van der Waals surface area contributed by atoms with Crippen LogP contribution >= 0.6 is 0 Å². The number of carbonyl (C=O) groups is 1.